The van der Waals surface area contributed by atoms with Gasteiger partial charge in [0.05, 0.1) is 19.4 Å². The first kappa shape index (κ1) is 18.0. The topological polar surface area (TPSA) is 104 Å². The summed E-state index contributed by atoms with van der Waals surface area (Å²) in [5, 5.41) is 20.1. The molecule has 128 valence electrons. The van der Waals surface area contributed by atoms with Gasteiger partial charge < -0.3 is 20.5 Å². The maximum Gasteiger partial charge on any atom is 0.161 e. The van der Waals surface area contributed by atoms with Gasteiger partial charge in [-0.1, -0.05) is 13.8 Å². The van der Waals surface area contributed by atoms with Crippen molar-refractivity contribution in [1.29, 1.82) is 10.7 Å². The minimum Gasteiger partial charge on any atom is -0.493 e. The van der Waals surface area contributed by atoms with Crippen molar-refractivity contribution in [3.63, 3.8) is 0 Å². The van der Waals surface area contributed by atoms with Crippen LogP contribution >= 0.6 is 11.8 Å². The summed E-state index contributed by atoms with van der Waals surface area (Å²) in [5.41, 5.74) is 7.93. The standard InChI is InChI=1S/C17H22N4O2S/c1-5-23-13-7-11-10(6-12(13)22-4)15(21-9-17(11,2)3)14(8-18)24-16(19)20/h6-7,21H,5,9H2,1-4H3,(H3,19,20). The van der Waals surface area contributed by atoms with Gasteiger partial charge in [0.1, 0.15) is 11.0 Å². The lowest BCUT2D eigenvalue weighted by Crippen LogP contribution is -2.38. The maximum absolute atomic E-state index is 9.47. The first-order chi connectivity index (χ1) is 11.3. The van der Waals surface area contributed by atoms with Crippen molar-refractivity contribution >= 4 is 22.6 Å². The summed E-state index contributed by atoms with van der Waals surface area (Å²) in [5.74, 6) is 1.29. The number of benzene rings is 1. The molecule has 7 heteroatoms. The number of nitriles is 1. The predicted octanol–water partition coefficient (Wildman–Crippen LogP) is 2.79. The molecule has 24 heavy (non-hydrogen) atoms. The van der Waals surface area contributed by atoms with Gasteiger partial charge in [0.25, 0.3) is 0 Å². The number of amidine groups is 1. The second kappa shape index (κ2) is 7.05. The fourth-order valence-electron chi connectivity index (χ4n) is 2.70. The Bertz CT molecular complexity index is 735. The summed E-state index contributed by atoms with van der Waals surface area (Å²) in [4.78, 5) is 0.366. The van der Waals surface area contributed by atoms with E-state index in [1.54, 1.807) is 7.11 Å². The van der Waals surface area contributed by atoms with Gasteiger partial charge in [-0.05, 0) is 36.4 Å². The van der Waals surface area contributed by atoms with Crippen LogP contribution in [0.25, 0.3) is 5.70 Å². The minimum absolute atomic E-state index is 0.120. The summed E-state index contributed by atoms with van der Waals surface area (Å²) >= 11 is 0.943. The Labute approximate surface area is 146 Å². The van der Waals surface area contributed by atoms with E-state index in [1.807, 2.05) is 19.1 Å². The molecule has 0 unspecified atom stereocenters. The molecule has 0 aromatic heterocycles. The second-order valence-corrected chi connectivity index (χ2v) is 7.05. The van der Waals surface area contributed by atoms with E-state index >= 15 is 0 Å². The van der Waals surface area contributed by atoms with Gasteiger partial charge in [-0.2, -0.15) is 5.26 Å². The molecule has 0 saturated carbocycles. The molecular weight excluding hydrogens is 324 g/mol. The molecule has 0 radical (unpaired) electrons. The van der Waals surface area contributed by atoms with Crippen LogP contribution in [0.5, 0.6) is 11.5 Å². The fraction of sp³-hybridized carbons (Fsp3) is 0.412. The Morgan fingerprint density at radius 3 is 2.71 bits per heavy atom. The van der Waals surface area contributed by atoms with Crippen LogP contribution in [0, 0.1) is 16.7 Å². The van der Waals surface area contributed by atoms with E-state index in [9.17, 15) is 5.26 Å². The Balaban J connectivity index is 2.71. The van der Waals surface area contributed by atoms with Gasteiger partial charge in [0.2, 0.25) is 0 Å². The number of methoxy groups -OCH3 is 1. The average molecular weight is 346 g/mol. The number of ether oxygens (including phenoxy) is 2. The lowest BCUT2D eigenvalue weighted by Gasteiger charge is -2.36. The van der Waals surface area contributed by atoms with Gasteiger partial charge in [0.15, 0.2) is 16.7 Å². The number of thioether (sulfide) groups is 1. The average Bonchev–Trinajstić information content (AvgIpc) is 2.53. The van der Waals surface area contributed by atoms with Crippen molar-refractivity contribution in [2.24, 2.45) is 5.73 Å². The van der Waals surface area contributed by atoms with Crippen molar-refractivity contribution in [3.05, 3.63) is 28.2 Å². The van der Waals surface area contributed by atoms with E-state index in [0.717, 1.165) is 22.9 Å². The van der Waals surface area contributed by atoms with Crippen LogP contribution in [0.1, 0.15) is 31.9 Å². The van der Waals surface area contributed by atoms with Gasteiger partial charge in [-0.3, -0.25) is 5.41 Å². The third-order valence-corrected chi connectivity index (χ3v) is 4.57. The summed E-state index contributed by atoms with van der Waals surface area (Å²) < 4.78 is 11.1. The Kier molecular flexibility index (Phi) is 5.30. The second-order valence-electron chi connectivity index (χ2n) is 6.00. The summed E-state index contributed by atoms with van der Waals surface area (Å²) in [6.45, 7) is 7.38. The van der Waals surface area contributed by atoms with Crippen LogP contribution in [0.15, 0.2) is 17.0 Å². The lowest BCUT2D eigenvalue weighted by atomic mass is 9.78. The molecule has 0 atom stereocenters. The zero-order valence-corrected chi connectivity index (χ0v) is 15.1. The van der Waals surface area contributed by atoms with Gasteiger partial charge >= 0.3 is 0 Å². The third-order valence-electron chi connectivity index (χ3n) is 3.85. The molecule has 0 amide bonds. The number of rotatable bonds is 4. The van der Waals surface area contributed by atoms with Crippen molar-refractivity contribution in [2.45, 2.75) is 26.2 Å². The van der Waals surface area contributed by atoms with Crippen molar-refractivity contribution < 1.29 is 9.47 Å². The number of nitrogens with two attached hydrogens (primary N) is 1. The normalized spacial score (nSPS) is 17.1. The third kappa shape index (κ3) is 3.44. The van der Waals surface area contributed by atoms with E-state index in [-0.39, 0.29) is 10.6 Å². The minimum atomic E-state index is -0.140. The predicted molar refractivity (Wildman–Crippen MR) is 97.2 cm³/mol. The highest BCUT2D eigenvalue weighted by Gasteiger charge is 2.33. The zero-order valence-electron chi connectivity index (χ0n) is 14.3. The summed E-state index contributed by atoms with van der Waals surface area (Å²) in [6.07, 6.45) is 0. The Hall–Kier alpha value is -2.33. The van der Waals surface area contributed by atoms with Crippen molar-refractivity contribution in [3.8, 4) is 17.6 Å². The first-order valence-corrected chi connectivity index (χ1v) is 8.41. The Morgan fingerprint density at radius 2 is 2.17 bits per heavy atom. The van der Waals surface area contributed by atoms with Gasteiger partial charge in [-0.15, -0.1) is 0 Å². The molecule has 1 aromatic rings. The number of hydrogen-bond donors (Lipinski definition) is 3. The number of nitrogens with zero attached hydrogens (tertiary/aromatic N) is 1. The molecule has 0 spiro atoms. The highest BCUT2D eigenvalue weighted by atomic mass is 32.2. The van der Waals surface area contributed by atoms with Crippen LogP contribution < -0.4 is 20.5 Å². The number of hydrogen-bond acceptors (Lipinski definition) is 6. The molecule has 2 rings (SSSR count). The summed E-state index contributed by atoms with van der Waals surface area (Å²) in [6, 6.07) is 5.99. The molecule has 4 N–H and O–H groups in total. The Morgan fingerprint density at radius 1 is 1.46 bits per heavy atom. The fourth-order valence-corrected chi connectivity index (χ4v) is 3.25. The summed E-state index contributed by atoms with van der Waals surface area (Å²) in [7, 11) is 1.59. The van der Waals surface area contributed by atoms with Crippen LogP contribution in [-0.4, -0.2) is 25.4 Å². The molecule has 0 fully saturated rings. The molecule has 1 heterocycles. The first-order valence-electron chi connectivity index (χ1n) is 7.59. The number of allylic oxidation sites excluding steroid dienone is 1. The molecule has 0 saturated heterocycles. The molecule has 6 nitrogen and oxygen atoms in total. The smallest absolute Gasteiger partial charge is 0.161 e. The van der Waals surface area contributed by atoms with Gasteiger partial charge in [0, 0.05) is 17.5 Å². The van der Waals surface area contributed by atoms with E-state index < -0.39 is 0 Å². The van der Waals surface area contributed by atoms with Crippen molar-refractivity contribution in [1.82, 2.24) is 5.32 Å². The van der Waals surface area contributed by atoms with Crippen LogP contribution in [0.3, 0.4) is 0 Å². The lowest BCUT2D eigenvalue weighted by molar-refractivity contribution is 0.309. The highest BCUT2D eigenvalue weighted by Crippen LogP contribution is 2.42. The van der Waals surface area contributed by atoms with Crippen molar-refractivity contribution in [2.75, 3.05) is 20.3 Å². The monoisotopic (exact) mass is 346 g/mol. The van der Waals surface area contributed by atoms with E-state index in [0.29, 0.717) is 35.3 Å². The molecular formula is C17H22N4O2S. The van der Waals surface area contributed by atoms with Crippen LogP contribution in [-0.2, 0) is 5.41 Å². The van der Waals surface area contributed by atoms with E-state index in [2.05, 4.69) is 25.2 Å². The molecule has 0 bridgehead atoms. The quantitative estimate of drug-likeness (QED) is 0.440. The largest absolute Gasteiger partial charge is 0.493 e. The zero-order chi connectivity index (χ0) is 17.9. The number of fused-ring (bicyclic) bond motifs is 1. The van der Waals surface area contributed by atoms with E-state index in [1.165, 1.54) is 0 Å². The van der Waals surface area contributed by atoms with Crippen LogP contribution in [0.4, 0.5) is 0 Å². The molecule has 1 aromatic carbocycles. The number of nitrogens with one attached hydrogen (secondary N) is 2. The molecule has 1 aliphatic rings. The molecule has 0 aliphatic carbocycles. The maximum atomic E-state index is 9.47. The molecule has 1 aliphatic heterocycles. The van der Waals surface area contributed by atoms with E-state index in [4.69, 9.17) is 20.6 Å². The van der Waals surface area contributed by atoms with Gasteiger partial charge in [-0.25, -0.2) is 0 Å². The van der Waals surface area contributed by atoms with Crippen LogP contribution in [0.2, 0.25) is 0 Å². The highest BCUT2D eigenvalue weighted by molar-refractivity contribution is 8.17. The SMILES string of the molecule is CCOc1cc2c(cc1OC)C(=C(C#N)SC(=N)N)NCC2(C)C.